The van der Waals surface area contributed by atoms with Crippen LogP contribution in [0.15, 0.2) is 30.3 Å². The second kappa shape index (κ2) is 5.63. The second-order valence-electron chi connectivity index (χ2n) is 3.66. The van der Waals surface area contributed by atoms with Crippen molar-refractivity contribution in [2.45, 2.75) is 13.0 Å². The number of rotatable bonds is 4. The summed E-state index contributed by atoms with van der Waals surface area (Å²) < 4.78 is 0. The third kappa shape index (κ3) is 2.81. The number of aliphatic hydroxyl groups is 1. The summed E-state index contributed by atoms with van der Waals surface area (Å²) in [4.78, 5) is 16.5. The highest BCUT2D eigenvalue weighted by atomic mass is 16.7. The molecule has 4 heteroatoms. The SMILES string of the molecule is CON(C)C(=O)[C@@H](C)[C@@H](O)c1ccccc1. The Kier molecular flexibility index (Phi) is 4.46. The molecular weight excluding hydrogens is 206 g/mol. The number of benzene rings is 1. The molecule has 2 atom stereocenters. The minimum Gasteiger partial charge on any atom is -0.388 e. The van der Waals surface area contributed by atoms with E-state index in [2.05, 4.69) is 0 Å². The van der Waals surface area contributed by atoms with Crippen LogP contribution < -0.4 is 0 Å². The normalized spacial score (nSPS) is 14.2. The molecule has 0 spiro atoms. The molecule has 0 fully saturated rings. The number of aliphatic hydroxyl groups excluding tert-OH is 1. The minimum absolute atomic E-state index is 0.251. The molecule has 1 amide bonds. The monoisotopic (exact) mass is 223 g/mol. The summed E-state index contributed by atoms with van der Waals surface area (Å²) in [7, 11) is 2.94. The first-order valence-corrected chi connectivity index (χ1v) is 5.12. The van der Waals surface area contributed by atoms with E-state index in [0.717, 1.165) is 10.6 Å². The van der Waals surface area contributed by atoms with E-state index in [1.54, 1.807) is 19.1 Å². The van der Waals surface area contributed by atoms with Gasteiger partial charge in [0.25, 0.3) is 5.91 Å². The molecule has 16 heavy (non-hydrogen) atoms. The van der Waals surface area contributed by atoms with Crippen LogP contribution in [0.3, 0.4) is 0 Å². The van der Waals surface area contributed by atoms with Crippen LogP contribution in [0.4, 0.5) is 0 Å². The molecule has 0 aliphatic heterocycles. The fourth-order valence-electron chi connectivity index (χ4n) is 1.45. The van der Waals surface area contributed by atoms with Crippen LogP contribution in [0.5, 0.6) is 0 Å². The van der Waals surface area contributed by atoms with Crippen LogP contribution >= 0.6 is 0 Å². The maximum atomic E-state index is 11.7. The lowest BCUT2D eigenvalue weighted by Crippen LogP contribution is -2.33. The van der Waals surface area contributed by atoms with Gasteiger partial charge in [0.1, 0.15) is 0 Å². The van der Waals surface area contributed by atoms with Gasteiger partial charge in [0.15, 0.2) is 0 Å². The molecule has 1 N–H and O–H groups in total. The Hall–Kier alpha value is -1.39. The van der Waals surface area contributed by atoms with Crippen molar-refractivity contribution in [2.75, 3.05) is 14.2 Å². The fraction of sp³-hybridized carbons (Fsp3) is 0.417. The maximum Gasteiger partial charge on any atom is 0.251 e. The lowest BCUT2D eigenvalue weighted by Gasteiger charge is -2.22. The number of carbonyl (C=O) groups excluding carboxylic acids is 1. The van der Waals surface area contributed by atoms with E-state index in [4.69, 9.17) is 4.84 Å². The molecule has 1 aromatic rings. The van der Waals surface area contributed by atoms with Gasteiger partial charge in [0, 0.05) is 7.05 Å². The molecule has 0 heterocycles. The fourth-order valence-corrected chi connectivity index (χ4v) is 1.45. The summed E-state index contributed by atoms with van der Waals surface area (Å²) in [5, 5.41) is 11.1. The predicted octanol–water partition coefficient (Wildman–Crippen LogP) is 1.38. The highest BCUT2D eigenvalue weighted by molar-refractivity contribution is 5.78. The average Bonchev–Trinajstić information content (AvgIpc) is 2.36. The van der Waals surface area contributed by atoms with Gasteiger partial charge in [-0.2, -0.15) is 0 Å². The van der Waals surface area contributed by atoms with Crippen LogP contribution in [0.1, 0.15) is 18.6 Å². The van der Waals surface area contributed by atoms with Crippen LogP contribution in [0.2, 0.25) is 0 Å². The molecule has 0 aliphatic carbocycles. The van der Waals surface area contributed by atoms with Crippen LogP contribution in [0, 0.1) is 5.92 Å². The van der Waals surface area contributed by atoms with Crippen LogP contribution in [-0.2, 0) is 9.63 Å². The Morgan fingerprint density at radius 3 is 2.44 bits per heavy atom. The summed E-state index contributed by atoms with van der Waals surface area (Å²) >= 11 is 0. The Bertz CT molecular complexity index is 339. The molecule has 0 radical (unpaired) electrons. The van der Waals surface area contributed by atoms with E-state index in [0.29, 0.717) is 0 Å². The molecule has 88 valence electrons. The van der Waals surface area contributed by atoms with E-state index in [1.165, 1.54) is 14.2 Å². The quantitative estimate of drug-likeness (QED) is 0.784. The zero-order chi connectivity index (χ0) is 12.1. The third-order valence-electron chi connectivity index (χ3n) is 2.59. The zero-order valence-corrected chi connectivity index (χ0v) is 9.75. The summed E-state index contributed by atoms with van der Waals surface area (Å²) in [6.07, 6.45) is -0.814. The lowest BCUT2D eigenvalue weighted by atomic mass is 9.97. The van der Waals surface area contributed by atoms with Gasteiger partial charge < -0.3 is 5.11 Å². The second-order valence-corrected chi connectivity index (χ2v) is 3.66. The van der Waals surface area contributed by atoms with E-state index in [-0.39, 0.29) is 5.91 Å². The van der Waals surface area contributed by atoms with Crippen LogP contribution in [-0.4, -0.2) is 30.2 Å². The molecule has 0 unspecified atom stereocenters. The van der Waals surface area contributed by atoms with Crippen molar-refractivity contribution in [3.8, 4) is 0 Å². The van der Waals surface area contributed by atoms with Gasteiger partial charge in [-0.1, -0.05) is 37.3 Å². The van der Waals surface area contributed by atoms with Crippen molar-refractivity contribution >= 4 is 5.91 Å². The highest BCUT2D eigenvalue weighted by Crippen LogP contribution is 2.22. The summed E-state index contributed by atoms with van der Waals surface area (Å²) in [5.74, 6) is -0.786. The molecular formula is C12H17NO3. The van der Waals surface area contributed by atoms with Crippen molar-refractivity contribution in [1.29, 1.82) is 0 Å². The summed E-state index contributed by atoms with van der Waals surface area (Å²) in [6.45, 7) is 1.68. The van der Waals surface area contributed by atoms with Crippen molar-refractivity contribution in [3.05, 3.63) is 35.9 Å². The predicted molar refractivity (Wildman–Crippen MR) is 60.3 cm³/mol. The number of carbonyl (C=O) groups is 1. The number of nitrogens with zero attached hydrogens (tertiary/aromatic N) is 1. The number of hydrogen-bond acceptors (Lipinski definition) is 3. The van der Waals surface area contributed by atoms with E-state index in [9.17, 15) is 9.90 Å². The third-order valence-corrected chi connectivity index (χ3v) is 2.59. The van der Waals surface area contributed by atoms with Crippen LogP contribution in [0.25, 0.3) is 0 Å². The molecule has 1 aromatic carbocycles. The number of hydrogen-bond donors (Lipinski definition) is 1. The van der Waals surface area contributed by atoms with Crippen molar-refractivity contribution < 1.29 is 14.7 Å². The molecule has 0 saturated heterocycles. The zero-order valence-electron chi connectivity index (χ0n) is 9.75. The van der Waals surface area contributed by atoms with E-state index >= 15 is 0 Å². The largest absolute Gasteiger partial charge is 0.388 e. The summed E-state index contributed by atoms with van der Waals surface area (Å²) in [5.41, 5.74) is 0.729. The first-order valence-electron chi connectivity index (χ1n) is 5.12. The van der Waals surface area contributed by atoms with Gasteiger partial charge in [-0.3, -0.25) is 9.63 Å². The summed E-state index contributed by atoms with van der Waals surface area (Å²) in [6, 6.07) is 9.11. The van der Waals surface area contributed by atoms with Gasteiger partial charge in [0.2, 0.25) is 0 Å². The molecule has 4 nitrogen and oxygen atoms in total. The topological polar surface area (TPSA) is 49.8 Å². The van der Waals surface area contributed by atoms with Gasteiger partial charge >= 0.3 is 0 Å². The molecule has 0 bridgehead atoms. The number of amides is 1. The smallest absolute Gasteiger partial charge is 0.251 e. The Labute approximate surface area is 95.4 Å². The Balaban J connectivity index is 2.75. The number of hydroxylamine groups is 2. The van der Waals surface area contributed by atoms with Crippen molar-refractivity contribution in [1.82, 2.24) is 5.06 Å². The van der Waals surface area contributed by atoms with Gasteiger partial charge in [-0.15, -0.1) is 0 Å². The molecule has 0 saturated carbocycles. The van der Waals surface area contributed by atoms with Gasteiger partial charge in [-0.25, -0.2) is 5.06 Å². The van der Waals surface area contributed by atoms with Crippen molar-refractivity contribution in [3.63, 3.8) is 0 Å². The molecule has 1 rings (SSSR count). The maximum absolute atomic E-state index is 11.7. The highest BCUT2D eigenvalue weighted by Gasteiger charge is 2.26. The van der Waals surface area contributed by atoms with E-state index < -0.39 is 12.0 Å². The first-order chi connectivity index (χ1) is 7.57. The molecule has 0 aliphatic rings. The Morgan fingerprint density at radius 1 is 1.38 bits per heavy atom. The molecule has 0 aromatic heterocycles. The standard InChI is InChI=1S/C12H17NO3/c1-9(12(15)13(2)16-3)11(14)10-7-5-4-6-8-10/h4-9,11,14H,1-3H3/t9-,11+/m0/s1. The first kappa shape index (κ1) is 12.7. The van der Waals surface area contributed by atoms with E-state index in [1.807, 2.05) is 18.2 Å². The minimum atomic E-state index is -0.814. The van der Waals surface area contributed by atoms with Gasteiger partial charge in [0.05, 0.1) is 19.1 Å². The van der Waals surface area contributed by atoms with Gasteiger partial charge in [-0.05, 0) is 5.56 Å². The van der Waals surface area contributed by atoms with Crippen molar-refractivity contribution in [2.24, 2.45) is 5.92 Å². The average molecular weight is 223 g/mol. The Morgan fingerprint density at radius 2 is 1.94 bits per heavy atom. The lowest BCUT2D eigenvalue weighted by molar-refractivity contribution is -0.176.